The first kappa shape index (κ1) is 24.5. The highest BCUT2D eigenvalue weighted by Crippen LogP contribution is 2.36. The van der Waals surface area contributed by atoms with E-state index in [-0.39, 0.29) is 17.8 Å². The molecule has 3 amide bonds. The Morgan fingerprint density at radius 2 is 1.84 bits per heavy atom. The maximum absolute atomic E-state index is 13.4. The van der Waals surface area contributed by atoms with Crippen molar-refractivity contribution < 1.29 is 29.3 Å². The van der Waals surface area contributed by atoms with Gasteiger partial charge in [-0.3, -0.25) is 9.59 Å². The van der Waals surface area contributed by atoms with Crippen LogP contribution in [0.15, 0.2) is 24.3 Å². The lowest BCUT2D eigenvalue weighted by Gasteiger charge is -2.34. The molecule has 172 valence electrons. The van der Waals surface area contributed by atoms with Crippen LogP contribution in [0.3, 0.4) is 0 Å². The number of ether oxygens (including phenoxy) is 1. The Hall–Kier alpha value is -2.81. The maximum Gasteiger partial charge on any atom is 0.408 e. The standard InChI is InChI=1S/C22H33N3O6/c1-13(2)23-19(28)18(14-7-6-8-16(27)11-14)25(15-9-10-15)20(29)17(12-26)24-21(30)31-22(3,4)5/h6-8,11,13,15,17-18,26-27H,9-10,12H2,1-5H3,(H,23,28)(H,24,30). The summed E-state index contributed by atoms with van der Waals surface area (Å²) in [5, 5.41) is 25.0. The first-order chi connectivity index (χ1) is 14.4. The van der Waals surface area contributed by atoms with Crippen LogP contribution in [0.25, 0.3) is 0 Å². The molecule has 9 nitrogen and oxygen atoms in total. The number of rotatable bonds is 8. The van der Waals surface area contributed by atoms with E-state index in [0.29, 0.717) is 18.4 Å². The van der Waals surface area contributed by atoms with Crippen LogP contribution < -0.4 is 10.6 Å². The van der Waals surface area contributed by atoms with Crippen molar-refractivity contribution in [3.8, 4) is 5.75 Å². The fourth-order valence-corrected chi connectivity index (χ4v) is 3.18. The number of hydrogen-bond acceptors (Lipinski definition) is 6. The smallest absolute Gasteiger partial charge is 0.408 e. The molecule has 0 saturated heterocycles. The molecule has 0 heterocycles. The second kappa shape index (κ2) is 10.00. The van der Waals surface area contributed by atoms with Crippen molar-refractivity contribution in [3.63, 3.8) is 0 Å². The minimum Gasteiger partial charge on any atom is -0.508 e. The molecule has 2 atom stereocenters. The van der Waals surface area contributed by atoms with Crippen molar-refractivity contribution in [2.45, 2.75) is 77.2 Å². The Labute approximate surface area is 182 Å². The highest BCUT2D eigenvalue weighted by Gasteiger charge is 2.44. The first-order valence-corrected chi connectivity index (χ1v) is 10.4. The topological polar surface area (TPSA) is 128 Å². The summed E-state index contributed by atoms with van der Waals surface area (Å²) in [5.41, 5.74) is -0.336. The molecule has 31 heavy (non-hydrogen) atoms. The number of phenolic OH excluding ortho intramolecular Hbond substituents is 1. The van der Waals surface area contributed by atoms with Crippen molar-refractivity contribution >= 4 is 17.9 Å². The van der Waals surface area contributed by atoms with Gasteiger partial charge in [-0.15, -0.1) is 0 Å². The van der Waals surface area contributed by atoms with Gasteiger partial charge in [0.2, 0.25) is 11.8 Å². The predicted molar refractivity (Wildman–Crippen MR) is 114 cm³/mol. The summed E-state index contributed by atoms with van der Waals surface area (Å²) >= 11 is 0. The molecule has 1 aromatic carbocycles. The normalized spacial score (nSPS) is 15.7. The van der Waals surface area contributed by atoms with Gasteiger partial charge in [-0.25, -0.2) is 4.79 Å². The minimum atomic E-state index is -1.28. The Balaban J connectivity index is 2.36. The fourth-order valence-electron chi connectivity index (χ4n) is 3.18. The third-order valence-electron chi connectivity index (χ3n) is 4.51. The quantitative estimate of drug-likeness (QED) is 0.493. The lowest BCUT2D eigenvalue weighted by molar-refractivity contribution is -0.144. The Kier molecular flexibility index (Phi) is 7.89. The largest absolute Gasteiger partial charge is 0.508 e. The molecule has 4 N–H and O–H groups in total. The van der Waals surface area contributed by atoms with E-state index < -0.39 is 42.2 Å². The molecule has 0 spiro atoms. The summed E-state index contributed by atoms with van der Waals surface area (Å²) in [4.78, 5) is 40.1. The average Bonchev–Trinajstić information content (AvgIpc) is 3.46. The number of benzene rings is 1. The van der Waals surface area contributed by atoms with Gasteiger partial charge in [0.05, 0.1) is 6.61 Å². The van der Waals surface area contributed by atoms with Crippen LogP contribution in [0.4, 0.5) is 4.79 Å². The van der Waals surface area contributed by atoms with Crippen LogP contribution in [-0.2, 0) is 14.3 Å². The minimum absolute atomic E-state index is 0.0337. The zero-order chi connectivity index (χ0) is 23.3. The molecule has 0 aliphatic heterocycles. The Morgan fingerprint density at radius 1 is 1.19 bits per heavy atom. The van der Waals surface area contributed by atoms with Gasteiger partial charge in [0.1, 0.15) is 23.4 Å². The average molecular weight is 436 g/mol. The monoisotopic (exact) mass is 435 g/mol. The molecule has 2 rings (SSSR count). The number of hydrogen-bond donors (Lipinski definition) is 4. The van der Waals surface area contributed by atoms with Gasteiger partial charge in [-0.1, -0.05) is 12.1 Å². The van der Waals surface area contributed by atoms with E-state index in [0.717, 1.165) is 0 Å². The van der Waals surface area contributed by atoms with Gasteiger partial charge in [-0.2, -0.15) is 0 Å². The summed E-state index contributed by atoms with van der Waals surface area (Å²) in [6.45, 7) is 8.02. The summed E-state index contributed by atoms with van der Waals surface area (Å²) in [7, 11) is 0. The summed E-state index contributed by atoms with van der Waals surface area (Å²) < 4.78 is 5.19. The van der Waals surface area contributed by atoms with E-state index in [4.69, 9.17) is 4.74 Å². The van der Waals surface area contributed by atoms with Gasteiger partial charge in [-0.05, 0) is 65.2 Å². The van der Waals surface area contributed by atoms with E-state index in [1.807, 2.05) is 0 Å². The van der Waals surface area contributed by atoms with Gasteiger partial charge >= 0.3 is 6.09 Å². The summed E-state index contributed by atoms with van der Waals surface area (Å²) in [6, 6.07) is 3.48. The molecule has 1 aliphatic rings. The zero-order valence-corrected chi connectivity index (χ0v) is 18.7. The van der Waals surface area contributed by atoms with Crippen molar-refractivity contribution in [3.05, 3.63) is 29.8 Å². The van der Waals surface area contributed by atoms with Gasteiger partial charge < -0.3 is 30.5 Å². The van der Waals surface area contributed by atoms with E-state index in [1.165, 1.54) is 17.0 Å². The fraction of sp³-hybridized carbons (Fsp3) is 0.591. The van der Waals surface area contributed by atoms with E-state index in [2.05, 4.69) is 10.6 Å². The number of phenols is 1. The van der Waals surface area contributed by atoms with Crippen molar-refractivity contribution in [2.24, 2.45) is 0 Å². The van der Waals surface area contributed by atoms with Crippen LogP contribution in [0, 0.1) is 0 Å². The number of nitrogens with one attached hydrogen (secondary N) is 2. The third-order valence-corrected chi connectivity index (χ3v) is 4.51. The Bertz CT molecular complexity index is 801. The number of aliphatic hydroxyl groups is 1. The van der Waals surface area contributed by atoms with Gasteiger partial charge in [0.25, 0.3) is 0 Å². The van der Waals surface area contributed by atoms with Crippen LogP contribution in [0.1, 0.15) is 59.1 Å². The molecule has 1 saturated carbocycles. The summed E-state index contributed by atoms with van der Waals surface area (Å²) in [5.74, 6) is -1.04. The van der Waals surface area contributed by atoms with E-state index >= 15 is 0 Å². The maximum atomic E-state index is 13.4. The number of nitrogens with zero attached hydrogens (tertiary/aromatic N) is 1. The lowest BCUT2D eigenvalue weighted by Crippen LogP contribution is -2.55. The number of aliphatic hydroxyl groups excluding tert-OH is 1. The van der Waals surface area contributed by atoms with Crippen LogP contribution >= 0.6 is 0 Å². The van der Waals surface area contributed by atoms with Gasteiger partial charge in [0, 0.05) is 12.1 Å². The highest BCUT2D eigenvalue weighted by atomic mass is 16.6. The SMILES string of the molecule is CC(C)NC(=O)C(c1cccc(O)c1)N(C(=O)C(CO)NC(=O)OC(C)(C)C)C1CC1. The number of alkyl carbamates (subject to hydrolysis) is 1. The molecule has 1 aliphatic carbocycles. The molecule has 0 bridgehead atoms. The summed E-state index contributed by atoms with van der Waals surface area (Å²) in [6.07, 6.45) is 0.553. The Morgan fingerprint density at radius 3 is 2.32 bits per heavy atom. The van der Waals surface area contributed by atoms with Crippen molar-refractivity contribution in [1.82, 2.24) is 15.5 Å². The van der Waals surface area contributed by atoms with E-state index in [9.17, 15) is 24.6 Å². The van der Waals surface area contributed by atoms with Crippen molar-refractivity contribution in [2.75, 3.05) is 6.61 Å². The molecular weight excluding hydrogens is 402 g/mol. The number of amides is 3. The predicted octanol–water partition coefficient (Wildman–Crippen LogP) is 1.83. The number of carbonyl (C=O) groups excluding carboxylic acids is 3. The zero-order valence-electron chi connectivity index (χ0n) is 18.7. The molecular formula is C22H33N3O6. The molecule has 0 radical (unpaired) electrons. The lowest BCUT2D eigenvalue weighted by atomic mass is 10.0. The second-order valence-electron chi connectivity index (χ2n) is 9.02. The van der Waals surface area contributed by atoms with Crippen molar-refractivity contribution in [1.29, 1.82) is 0 Å². The highest BCUT2D eigenvalue weighted by molar-refractivity contribution is 5.92. The molecule has 1 aromatic rings. The van der Waals surface area contributed by atoms with Crippen LogP contribution in [-0.4, -0.2) is 63.4 Å². The first-order valence-electron chi connectivity index (χ1n) is 10.4. The second-order valence-corrected chi connectivity index (χ2v) is 9.02. The number of carbonyl (C=O) groups is 3. The third kappa shape index (κ3) is 7.13. The molecule has 1 fully saturated rings. The van der Waals surface area contributed by atoms with Crippen LogP contribution in [0.5, 0.6) is 5.75 Å². The van der Waals surface area contributed by atoms with Crippen LogP contribution in [0.2, 0.25) is 0 Å². The number of aromatic hydroxyl groups is 1. The molecule has 0 aromatic heterocycles. The van der Waals surface area contributed by atoms with E-state index in [1.54, 1.807) is 46.8 Å². The molecule has 9 heteroatoms. The van der Waals surface area contributed by atoms with Gasteiger partial charge in [0.15, 0.2) is 0 Å². The molecule has 2 unspecified atom stereocenters.